The van der Waals surface area contributed by atoms with E-state index >= 15 is 0 Å². The number of sulfonamides is 1. The van der Waals surface area contributed by atoms with Crippen LogP contribution in [0.25, 0.3) is 0 Å². The van der Waals surface area contributed by atoms with Gasteiger partial charge in [-0.1, -0.05) is 78.8 Å². The van der Waals surface area contributed by atoms with E-state index in [0.29, 0.717) is 22.2 Å². The number of benzene rings is 3. The molecule has 0 aliphatic heterocycles. The fourth-order valence-electron chi connectivity index (χ4n) is 4.47. The van der Waals surface area contributed by atoms with Crippen molar-refractivity contribution < 1.29 is 22.7 Å². The monoisotopic (exact) mass is 667 g/mol. The molecule has 1 N–H and O–H groups in total. The molecule has 0 aromatic heterocycles. The van der Waals surface area contributed by atoms with Crippen LogP contribution in [0.15, 0.2) is 65.6 Å². The summed E-state index contributed by atoms with van der Waals surface area (Å²) >= 11 is 18.7. The Kier molecular flexibility index (Phi) is 12.6. The number of hydrogen-bond donors (Lipinski definition) is 1. The first-order valence-corrected chi connectivity index (χ1v) is 16.4. The third kappa shape index (κ3) is 8.79. The minimum Gasteiger partial charge on any atom is -0.495 e. The van der Waals surface area contributed by atoms with Gasteiger partial charge in [0.2, 0.25) is 11.8 Å². The number of anilines is 1. The molecule has 43 heavy (non-hydrogen) atoms. The Bertz CT molecular complexity index is 1530. The summed E-state index contributed by atoms with van der Waals surface area (Å²) in [6.45, 7) is 5.45. The molecular formula is C31H36Cl3N3O5S. The third-order valence-corrected chi connectivity index (χ3v) is 9.60. The molecule has 0 aliphatic carbocycles. The van der Waals surface area contributed by atoms with Crippen LogP contribution < -0.4 is 14.4 Å². The molecule has 3 aromatic carbocycles. The number of nitrogens with one attached hydrogen (secondary N) is 1. The van der Waals surface area contributed by atoms with Gasteiger partial charge in [-0.05, 0) is 67.8 Å². The van der Waals surface area contributed by atoms with Gasteiger partial charge in [0.1, 0.15) is 18.3 Å². The van der Waals surface area contributed by atoms with Crippen molar-refractivity contribution in [3.63, 3.8) is 0 Å². The van der Waals surface area contributed by atoms with Gasteiger partial charge in [-0.25, -0.2) is 8.42 Å². The summed E-state index contributed by atoms with van der Waals surface area (Å²) in [6, 6.07) is 14.9. The van der Waals surface area contributed by atoms with E-state index in [0.717, 1.165) is 22.7 Å². The molecule has 2 amide bonds. The topological polar surface area (TPSA) is 96.0 Å². The summed E-state index contributed by atoms with van der Waals surface area (Å²) in [5.74, 6) is -0.743. The van der Waals surface area contributed by atoms with Crippen LogP contribution in [0.2, 0.25) is 15.1 Å². The van der Waals surface area contributed by atoms with Crippen molar-refractivity contribution in [2.45, 2.75) is 57.5 Å². The first-order valence-electron chi connectivity index (χ1n) is 13.9. The summed E-state index contributed by atoms with van der Waals surface area (Å²) in [7, 11) is -2.90. The molecule has 0 unspecified atom stereocenters. The standard InChI is InChI=1S/C31H36Cl3N3O5S/c1-5-7-16-35-31(39)27(6-2)36(19-22-10-14-25(33)26(34)17-22)30(38)20-37(28-18-23(32)11-15-29(28)42-4)43(40,41)24-12-8-21(3)9-13-24/h8-15,17-18,27H,5-7,16,19-20H2,1-4H3,(H,35,39)/t27-/m0/s1. The zero-order chi connectivity index (χ0) is 31.7. The molecule has 0 saturated heterocycles. The van der Waals surface area contributed by atoms with Gasteiger partial charge >= 0.3 is 0 Å². The quantitative estimate of drug-likeness (QED) is 0.189. The van der Waals surface area contributed by atoms with Crippen molar-refractivity contribution in [2.24, 2.45) is 0 Å². The van der Waals surface area contributed by atoms with Gasteiger partial charge in [0, 0.05) is 18.1 Å². The Morgan fingerprint density at radius 3 is 2.26 bits per heavy atom. The van der Waals surface area contributed by atoms with Gasteiger partial charge in [-0.15, -0.1) is 0 Å². The molecule has 232 valence electrons. The lowest BCUT2D eigenvalue weighted by Crippen LogP contribution is -2.52. The number of methoxy groups -OCH3 is 1. The SMILES string of the molecule is CCCCNC(=O)[C@H](CC)N(Cc1ccc(Cl)c(Cl)c1)C(=O)CN(c1cc(Cl)ccc1OC)S(=O)(=O)c1ccc(C)cc1. The Balaban J connectivity index is 2.12. The lowest BCUT2D eigenvalue weighted by molar-refractivity contribution is -0.140. The van der Waals surface area contributed by atoms with Crippen molar-refractivity contribution in [3.8, 4) is 5.75 Å². The minimum absolute atomic E-state index is 0.0134. The highest BCUT2D eigenvalue weighted by Crippen LogP contribution is 2.35. The van der Waals surface area contributed by atoms with E-state index in [-0.39, 0.29) is 40.2 Å². The van der Waals surface area contributed by atoms with Gasteiger partial charge in [0.25, 0.3) is 10.0 Å². The summed E-state index contributed by atoms with van der Waals surface area (Å²) < 4.78 is 34.7. The lowest BCUT2D eigenvalue weighted by atomic mass is 10.1. The van der Waals surface area contributed by atoms with Crippen molar-refractivity contribution in [1.82, 2.24) is 10.2 Å². The number of halogens is 3. The molecular weight excluding hydrogens is 633 g/mol. The van der Waals surface area contributed by atoms with E-state index in [1.54, 1.807) is 43.3 Å². The van der Waals surface area contributed by atoms with Crippen LogP contribution in [0.5, 0.6) is 5.75 Å². The Hall–Kier alpha value is -2.98. The first kappa shape index (κ1) is 34.5. The molecule has 12 heteroatoms. The summed E-state index contributed by atoms with van der Waals surface area (Å²) in [5, 5.41) is 3.79. The predicted molar refractivity (Wildman–Crippen MR) is 173 cm³/mol. The third-order valence-electron chi connectivity index (χ3n) is 6.85. The smallest absolute Gasteiger partial charge is 0.264 e. The van der Waals surface area contributed by atoms with Gasteiger partial charge in [0.05, 0.1) is 27.7 Å². The Labute approximate surface area is 268 Å². The molecule has 0 heterocycles. The molecule has 0 aliphatic rings. The van der Waals surface area contributed by atoms with Crippen LogP contribution in [-0.4, -0.2) is 51.4 Å². The highest BCUT2D eigenvalue weighted by molar-refractivity contribution is 7.92. The zero-order valence-corrected chi connectivity index (χ0v) is 27.7. The fraction of sp³-hybridized carbons (Fsp3) is 0.355. The van der Waals surface area contributed by atoms with E-state index in [4.69, 9.17) is 39.5 Å². The van der Waals surface area contributed by atoms with E-state index < -0.39 is 28.5 Å². The fourth-order valence-corrected chi connectivity index (χ4v) is 6.37. The van der Waals surface area contributed by atoms with Crippen LogP contribution in [0.1, 0.15) is 44.2 Å². The Morgan fingerprint density at radius 1 is 0.953 bits per heavy atom. The summed E-state index contributed by atoms with van der Waals surface area (Å²) in [6.07, 6.45) is 1.95. The van der Waals surface area contributed by atoms with E-state index in [2.05, 4.69) is 5.32 Å². The van der Waals surface area contributed by atoms with Crippen LogP contribution in [0.3, 0.4) is 0 Å². The number of rotatable bonds is 14. The molecule has 8 nitrogen and oxygen atoms in total. The zero-order valence-electron chi connectivity index (χ0n) is 24.6. The largest absolute Gasteiger partial charge is 0.495 e. The number of ether oxygens (including phenoxy) is 1. The average Bonchev–Trinajstić information content (AvgIpc) is 2.97. The van der Waals surface area contributed by atoms with Crippen molar-refractivity contribution in [3.05, 3.63) is 86.9 Å². The van der Waals surface area contributed by atoms with Crippen LogP contribution in [0, 0.1) is 6.92 Å². The maximum absolute atomic E-state index is 14.2. The van der Waals surface area contributed by atoms with Gasteiger partial charge < -0.3 is 15.0 Å². The predicted octanol–water partition coefficient (Wildman–Crippen LogP) is 6.88. The molecule has 0 fully saturated rings. The second-order valence-corrected chi connectivity index (χ2v) is 13.1. The van der Waals surface area contributed by atoms with Crippen molar-refractivity contribution in [2.75, 3.05) is 24.5 Å². The number of amides is 2. The number of hydrogen-bond acceptors (Lipinski definition) is 5. The number of carbonyl (C=O) groups is 2. The van der Waals surface area contributed by atoms with Crippen LogP contribution >= 0.6 is 34.8 Å². The maximum Gasteiger partial charge on any atom is 0.264 e. The molecule has 1 atom stereocenters. The van der Waals surface area contributed by atoms with Crippen molar-refractivity contribution >= 4 is 62.3 Å². The number of carbonyl (C=O) groups excluding carboxylic acids is 2. The number of aryl methyl sites for hydroxylation is 1. The minimum atomic E-state index is -4.30. The summed E-state index contributed by atoms with van der Waals surface area (Å²) in [4.78, 5) is 28.9. The van der Waals surface area contributed by atoms with Gasteiger partial charge in [-0.2, -0.15) is 0 Å². The highest BCUT2D eigenvalue weighted by Gasteiger charge is 2.35. The van der Waals surface area contributed by atoms with E-state index in [1.807, 2.05) is 13.8 Å². The molecule has 0 bridgehead atoms. The molecule has 0 saturated carbocycles. The van der Waals surface area contributed by atoms with Gasteiger partial charge in [0.15, 0.2) is 0 Å². The lowest BCUT2D eigenvalue weighted by Gasteiger charge is -2.33. The van der Waals surface area contributed by atoms with Crippen molar-refractivity contribution in [1.29, 1.82) is 0 Å². The molecule has 0 spiro atoms. The van der Waals surface area contributed by atoms with E-state index in [1.165, 1.54) is 36.3 Å². The Morgan fingerprint density at radius 2 is 1.65 bits per heavy atom. The van der Waals surface area contributed by atoms with Crippen LogP contribution in [0.4, 0.5) is 5.69 Å². The molecule has 3 rings (SSSR count). The number of nitrogens with zero attached hydrogens (tertiary/aromatic N) is 2. The number of unbranched alkanes of at least 4 members (excludes halogenated alkanes) is 1. The highest BCUT2D eigenvalue weighted by atomic mass is 35.5. The maximum atomic E-state index is 14.2. The average molecular weight is 669 g/mol. The second kappa shape index (κ2) is 15.7. The normalized spacial score (nSPS) is 12.0. The first-order chi connectivity index (χ1) is 20.4. The summed E-state index contributed by atoms with van der Waals surface area (Å²) in [5.41, 5.74) is 1.57. The molecule has 0 radical (unpaired) electrons. The molecule has 3 aromatic rings. The van der Waals surface area contributed by atoms with Gasteiger partial charge in [-0.3, -0.25) is 13.9 Å². The van der Waals surface area contributed by atoms with Crippen LogP contribution in [-0.2, 0) is 26.2 Å². The van der Waals surface area contributed by atoms with E-state index in [9.17, 15) is 18.0 Å². The second-order valence-electron chi connectivity index (χ2n) is 9.98.